The van der Waals surface area contributed by atoms with Gasteiger partial charge in [0.15, 0.2) is 5.78 Å². The molecule has 0 N–H and O–H groups in total. The Morgan fingerprint density at radius 3 is 2.84 bits per heavy atom. The van der Waals surface area contributed by atoms with Gasteiger partial charge in [0.2, 0.25) is 0 Å². The quantitative estimate of drug-likeness (QED) is 0.562. The van der Waals surface area contributed by atoms with Crippen molar-refractivity contribution in [2.45, 2.75) is 6.42 Å². The minimum absolute atomic E-state index is 0.160. The van der Waals surface area contributed by atoms with Gasteiger partial charge in [-0.1, -0.05) is 18.2 Å². The summed E-state index contributed by atoms with van der Waals surface area (Å²) in [4.78, 5) is 11.5. The number of fused-ring (bicyclic) bond motifs is 4. The molecule has 0 fully saturated rings. The number of hydrogen-bond donors (Lipinski definition) is 0. The maximum absolute atomic E-state index is 11.5. The van der Waals surface area contributed by atoms with E-state index < -0.39 is 0 Å². The molecule has 0 spiro atoms. The molecule has 1 aromatic heterocycles. The van der Waals surface area contributed by atoms with Crippen LogP contribution in [0.3, 0.4) is 0 Å². The molecule has 0 amide bonds. The molecule has 3 aromatic rings. The van der Waals surface area contributed by atoms with Gasteiger partial charge in [-0.2, -0.15) is 5.10 Å². The second kappa shape index (κ2) is 3.72. The Labute approximate surface area is 108 Å². The monoisotopic (exact) mass is 246 g/mol. The van der Waals surface area contributed by atoms with E-state index >= 15 is 0 Å². The van der Waals surface area contributed by atoms with Gasteiger partial charge in [-0.3, -0.25) is 4.79 Å². The molecule has 0 saturated carbocycles. The lowest BCUT2D eigenvalue weighted by Gasteiger charge is -2.05. The Bertz CT molecular complexity index is 958. The first-order valence-electron chi connectivity index (χ1n) is 6.20. The zero-order valence-corrected chi connectivity index (χ0v) is 10.1. The average molecular weight is 246 g/mol. The molecule has 1 heterocycles. The standard InChI is InChI=1S/C16H10N2O/c19-14-4-3-11-9-15-12(7-13(11)8-14)2-1-10-5-6-17-18-16(10)15/h1-3,5-9H,4H2. The lowest BCUT2D eigenvalue weighted by Crippen LogP contribution is -2.28. The van der Waals surface area contributed by atoms with Crippen molar-refractivity contribution < 1.29 is 4.79 Å². The van der Waals surface area contributed by atoms with Gasteiger partial charge in [-0.05, 0) is 40.1 Å². The molecule has 0 saturated heterocycles. The zero-order valence-electron chi connectivity index (χ0n) is 10.1. The number of carbonyl (C=O) groups is 1. The molecule has 3 nitrogen and oxygen atoms in total. The van der Waals surface area contributed by atoms with E-state index in [0.29, 0.717) is 6.42 Å². The van der Waals surface area contributed by atoms with Crippen molar-refractivity contribution >= 4 is 39.6 Å². The Morgan fingerprint density at radius 1 is 1.00 bits per heavy atom. The highest BCUT2D eigenvalue weighted by Crippen LogP contribution is 2.20. The molecular weight excluding hydrogens is 236 g/mol. The number of nitrogens with zero attached hydrogens (tertiary/aromatic N) is 2. The zero-order chi connectivity index (χ0) is 12.8. The van der Waals surface area contributed by atoms with Crippen LogP contribution in [-0.2, 0) is 4.79 Å². The van der Waals surface area contributed by atoms with Gasteiger partial charge in [-0.15, -0.1) is 5.10 Å². The predicted octanol–water partition coefficient (Wildman–Crippen LogP) is 1.32. The molecule has 1 aliphatic rings. The van der Waals surface area contributed by atoms with E-state index in [9.17, 15) is 4.79 Å². The summed E-state index contributed by atoms with van der Waals surface area (Å²) in [5.74, 6) is 0.160. The topological polar surface area (TPSA) is 42.9 Å². The van der Waals surface area contributed by atoms with Crippen LogP contribution in [0.15, 0.2) is 36.5 Å². The van der Waals surface area contributed by atoms with Crippen LogP contribution >= 0.6 is 0 Å². The van der Waals surface area contributed by atoms with Crippen LogP contribution < -0.4 is 10.4 Å². The first-order valence-corrected chi connectivity index (χ1v) is 6.20. The first-order chi connectivity index (χ1) is 9.31. The van der Waals surface area contributed by atoms with Gasteiger partial charge in [0, 0.05) is 17.2 Å². The summed E-state index contributed by atoms with van der Waals surface area (Å²) >= 11 is 0. The molecule has 19 heavy (non-hydrogen) atoms. The second-order valence-electron chi connectivity index (χ2n) is 4.76. The fraction of sp³-hybridized carbons (Fsp3) is 0.0625. The van der Waals surface area contributed by atoms with Crippen LogP contribution in [0.5, 0.6) is 0 Å². The number of benzene rings is 2. The molecule has 0 radical (unpaired) electrons. The van der Waals surface area contributed by atoms with E-state index in [-0.39, 0.29) is 5.78 Å². The fourth-order valence-corrected chi connectivity index (χ4v) is 2.60. The molecular formula is C16H10N2O. The summed E-state index contributed by atoms with van der Waals surface area (Å²) in [7, 11) is 0. The summed E-state index contributed by atoms with van der Waals surface area (Å²) in [6, 6.07) is 10.2. The minimum Gasteiger partial charge on any atom is -0.294 e. The third kappa shape index (κ3) is 1.55. The Hall–Kier alpha value is -2.55. The average Bonchev–Trinajstić information content (AvgIpc) is 2.45. The van der Waals surface area contributed by atoms with Gasteiger partial charge in [0.25, 0.3) is 0 Å². The van der Waals surface area contributed by atoms with Crippen LogP contribution in [0.25, 0.3) is 33.8 Å². The van der Waals surface area contributed by atoms with Gasteiger partial charge in [-0.25, -0.2) is 0 Å². The third-order valence-electron chi connectivity index (χ3n) is 3.54. The molecule has 0 atom stereocenters. The lowest BCUT2D eigenvalue weighted by atomic mass is 10.0. The van der Waals surface area contributed by atoms with Crippen LogP contribution in [0, 0.1) is 0 Å². The number of aromatic nitrogens is 2. The maximum Gasteiger partial charge on any atom is 0.160 e. The van der Waals surface area contributed by atoms with Crippen molar-refractivity contribution in [2.24, 2.45) is 0 Å². The second-order valence-corrected chi connectivity index (χ2v) is 4.76. The fourth-order valence-electron chi connectivity index (χ4n) is 2.60. The third-order valence-corrected chi connectivity index (χ3v) is 3.54. The van der Waals surface area contributed by atoms with Crippen molar-refractivity contribution in [3.05, 3.63) is 47.0 Å². The normalized spacial score (nSPS) is 14.0. The number of carbonyl (C=O) groups excluding carboxylic acids is 1. The highest BCUT2D eigenvalue weighted by atomic mass is 16.1. The summed E-state index contributed by atoms with van der Waals surface area (Å²) in [5.41, 5.74) is 0.910. The van der Waals surface area contributed by atoms with E-state index in [0.717, 1.165) is 32.1 Å². The Balaban J connectivity index is 2.23. The van der Waals surface area contributed by atoms with Crippen LogP contribution in [-0.4, -0.2) is 16.0 Å². The van der Waals surface area contributed by atoms with Crippen molar-refractivity contribution in [3.63, 3.8) is 0 Å². The van der Waals surface area contributed by atoms with Gasteiger partial charge in [0.1, 0.15) is 5.52 Å². The number of ketones is 1. The van der Waals surface area contributed by atoms with E-state index in [1.54, 1.807) is 12.3 Å². The number of rotatable bonds is 0. The summed E-state index contributed by atoms with van der Waals surface area (Å²) in [6.45, 7) is 0. The van der Waals surface area contributed by atoms with Gasteiger partial charge < -0.3 is 0 Å². The molecule has 90 valence electrons. The van der Waals surface area contributed by atoms with Crippen molar-refractivity contribution in [2.75, 3.05) is 0 Å². The van der Waals surface area contributed by atoms with E-state index in [2.05, 4.69) is 22.3 Å². The molecule has 2 aromatic carbocycles. The summed E-state index contributed by atoms with van der Waals surface area (Å²) < 4.78 is 0. The SMILES string of the molecule is O=C1C=c2cc3ccc4ccnnc4c3cc2=CC1. The predicted molar refractivity (Wildman–Crippen MR) is 74.8 cm³/mol. The Morgan fingerprint density at radius 2 is 1.89 bits per heavy atom. The van der Waals surface area contributed by atoms with E-state index in [4.69, 9.17) is 0 Å². The summed E-state index contributed by atoms with van der Waals surface area (Å²) in [6.07, 6.45) is 5.88. The first kappa shape index (κ1) is 10.4. The smallest absolute Gasteiger partial charge is 0.160 e. The molecule has 0 unspecified atom stereocenters. The maximum atomic E-state index is 11.5. The van der Waals surface area contributed by atoms with Crippen molar-refractivity contribution in [1.29, 1.82) is 0 Å². The van der Waals surface area contributed by atoms with Gasteiger partial charge >= 0.3 is 0 Å². The van der Waals surface area contributed by atoms with E-state index in [1.807, 2.05) is 24.3 Å². The van der Waals surface area contributed by atoms with E-state index in [1.165, 1.54) is 0 Å². The Kier molecular flexibility index (Phi) is 2.03. The number of hydrogen-bond acceptors (Lipinski definition) is 3. The highest BCUT2D eigenvalue weighted by molar-refractivity contribution is 6.10. The lowest BCUT2D eigenvalue weighted by molar-refractivity contribution is -0.112. The molecule has 4 rings (SSSR count). The minimum atomic E-state index is 0.160. The van der Waals surface area contributed by atoms with Crippen molar-refractivity contribution in [1.82, 2.24) is 10.2 Å². The highest BCUT2D eigenvalue weighted by Gasteiger charge is 2.06. The van der Waals surface area contributed by atoms with Gasteiger partial charge in [0.05, 0.1) is 6.20 Å². The molecule has 3 heteroatoms. The van der Waals surface area contributed by atoms with Crippen molar-refractivity contribution in [3.8, 4) is 0 Å². The largest absolute Gasteiger partial charge is 0.294 e. The molecule has 0 aliphatic heterocycles. The van der Waals surface area contributed by atoms with Crippen LogP contribution in [0.4, 0.5) is 0 Å². The summed E-state index contributed by atoms with van der Waals surface area (Å²) in [5, 5.41) is 13.5. The number of Topliss-reactive ketones (excluding diaryl/α,β-unsaturated/α-hetero) is 1. The molecule has 0 bridgehead atoms. The molecule has 1 aliphatic carbocycles. The van der Waals surface area contributed by atoms with Crippen LogP contribution in [0.1, 0.15) is 6.42 Å². The van der Waals surface area contributed by atoms with Crippen LogP contribution in [0.2, 0.25) is 0 Å².